The van der Waals surface area contributed by atoms with Gasteiger partial charge in [0.05, 0.1) is 0 Å². The van der Waals surface area contributed by atoms with E-state index >= 15 is 0 Å². The first-order valence-corrected chi connectivity index (χ1v) is 7.17. The average Bonchev–Trinajstić information content (AvgIpc) is 2.41. The highest BCUT2D eigenvalue weighted by Gasteiger charge is 2.43. The van der Waals surface area contributed by atoms with Crippen LogP contribution in [0.2, 0.25) is 5.02 Å². The van der Waals surface area contributed by atoms with Crippen molar-refractivity contribution in [1.29, 1.82) is 0 Å². The van der Waals surface area contributed by atoms with Crippen molar-refractivity contribution in [2.45, 2.75) is 37.4 Å². The van der Waals surface area contributed by atoms with E-state index in [4.69, 9.17) is 16.3 Å². The summed E-state index contributed by atoms with van der Waals surface area (Å²) < 4.78 is 5.96. The van der Waals surface area contributed by atoms with Crippen LogP contribution in [-0.2, 0) is 0 Å². The lowest BCUT2D eigenvalue weighted by molar-refractivity contribution is -0.171. The van der Waals surface area contributed by atoms with Gasteiger partial charge in [-0.1, -0.05) is 35.9 Å². The molecule has 1 aliphatic carbocycles. The summed E-state index contributed by atoms with van der Waals surface area (Å²) in [6.45, 7) is 0. The van der Waals surface area contributed by atoms with Crippen LogP contribution in [0.3, 0.4) is 0 Å². The number of benzene rings is 2. The predicted octanol–water partition coefficient (Wildman–Crippen LogP) is 4.23. The second-order valence-corrected chi connectivity index (χ2v) is 6.07. The van der Waals surface area contributed by atoms with Crippen molar-refractivity contribution in [2.24, 2.45) is 0 Å². The molecule has 1 aliphatic heterocycles. The maximum Gasteiger partial charge on any atom is 0.208 e. The van der Waals surface area contributed by atoms with Crippen LogP contribution >= 0.6 is 11.6 Å². The van der Waals surface area contributed by atoms with Gasteiger partial charge >= 0.3 is 0 Å². The van der Waals surface area contributed by atoms with Gasteiger partial charge in [-0.3, -0.25) is 0 Å². The first-order valence-electron chi connectivity index (χ1n) is 6.79. The Hall–Kier alpha value is -1.25. The third kappa shape index (κ3) is 1.67. The molecular weight excluding hydrogens is 260 g/mol. The smallest absolute Gasteiger partial charge is 0.208 e. The molecule has 0 spiro atoms. The minimum Gasteiger partial charge on any atom is -0.462 e. The van der Waals surface area contributed by atoms with Gasteiger partial charge in [0, 0.05) is 28.6 Å². The molecule has 2 aromatic carbocycles. The Morgan fingerprint density at radius 3 is 2.89 bits per heavy atom. The second kappa shape index (κ2) is 3.87. The molecule has 1 fully saturated rings. The minimum absolute atomic E-state index is 0.365. The lowest BCUT2D eigenvalue weighted by Gasteiger charge is -2.43. The Morgan fingerprint density at radius 1 is 1.26 bits per heavy atom. The highest BCUT2D eigenvalue weighted by Crippen LogP contribution is 2.51. The second-order valence-electron chi connectivity index (χ2n) is 5.66. The van der Waals surface area contributed by atoms with Crippen LogP contribution in [0.15, 0.2) is 30.3 Å². The molecule has 3 heteroatoms. The third-order valence-corrected chi connectivity index (χ3v) is 4.70. The van der Waals surface area contributed by atoms with Crippen molar-refractivity contribution in [2.75, 3.05) is 0 Å². The molecule has 0 amide bonds. The summed E-state index contributed by atoms with van der Waals surface area (Å²) in [7, 11) is 0. The quantitative estimate of drug-likeness (QED) is 0.779. The summed E-state index contributed by atoms with van der Waals surface area (Å²) in [5.74, 6) is 0.218. The number of ether oxygens (including phenoxy) is 1. The molecule has 2 nitrogen and oxygen atoms in total. The van der Waals surface area contributed by atoms with Crippen molar-refractivity contribution in [3.8, 4) is 5.75 Å². The van der Waals surface area contributed by atoms with E-state index < -0.39 is 5.79 Å². The lowest BCUT2D eigenvalue weighted by Crippen LogP contribution is -2.43. The van der Waals surface area contributed by atoms with Crippen LogP contribution < -0.4 is 4.74 Å². The third-order valence-electron chi connectivity index (χ3n) is 4.39. The van der Waals surface area contributed by atoms with Crippen molar-refractivity contribution in [3.05, 3.63) is 40.9 Å². The van der Waals surface area contributed by atoms with Crippen LogP contribution in [0.4, 0.5) is 0 Å². The zero-order valence-corrected chi connectivity index (χ0v) is 11.3. The number of fused-ring (bicyclic) bond motifs is 6. The molecule has 2 bridgehead atoms. The first kappa shape index (κ1) is 11.6. The highest BCUT2D eigenvalue weighted by molar-refractivity contribution is 6.36. The first-order chi connectivity index (χ1) is 9.16. The van der Waals surface area contributed by atoms with E-state index in [1.165, 1.54) is 0 Å². The van der Waals surface area contributed by atoms with Gasteiger partial charge in [0.1, 0.15) is 5.75 Å². The topological polar surface area (TPSA) is 29.5 Å². The Labute approximate surface area is 117 Å². The summed E-state index contributed by atoms with van der Waals surface area (Å²) in [6, 6.07) is 9.99. The molecule has 0 radical (unpaired) electrons. The van der Waals surface area contributed by atoms with Crippen LogP contribution in [0.5, 0.6) is 5.75 Å². The summed E-state index contributed by atoms with van der Waals surface area (Å²) in [4.78, 5) is 0. The number of rotatable bonds is 0. The molecular formula is C16H15ClO2. The molecule has 19 heavy (non-hydrogen) atoms. The Kier molecular flexibility index (Phi) is 2.36. The van der Waals surface area contributed by atoms with Crippen LogP contribution in [-0.4, -0.2) is 10.9 Å². The molecule has 2 aliphatic rings. The molecule has 0 unspecified atom stereocenters. The molecule has 0 aromatic heterocycles. The van der Waals surface area contributed by atoms with Crippen molar-refractivity contribution < 1.29 is 9.84 Å². The molecule has 2 atom stereocenters. The van der Waals surface area contributed by atoms with Gasteiger partial charge in [0.15, 0.2) is 0 Å². The van der Waals surface area contributed by atoms with Gasteiger partial charge in [-0.15, -0.1) is 0 Å². The number of aliphatic hydroxyl groups is 1. The molecule has 2 aromatic rings. The van der Waals surface area contributed by atoms with Crippen LogP contribution in [0.25, 0.3) is 10.8 Å². The van der Waals surface area contributed by atoms with Gasteiger partial charge in [-0.05, 0) is 30.4 Å². The summed E-state index contributed by atoms with van der Waals surface area (Å²) in [5.41, 5.74) is 1.16. The zero-order chi connectivity index (χ0) is 13.0. The van der Waals surface area contributed by atoms with Crippen molar-refractivity contribution in [1.82, 2.24) is 0 Å². The molecule has 1 N–H and O–H groups in total. The molecule has 1 heterocycles. The van der Waals surface area contributed by atoms with E-state index in [-0.39, 0.29) is 0 Å². The zero-order valence-electron chi connectivity index (χ0n) is 10.5. The van der Waals surface area contributed by atoms with Crippen molar-refractivity contribution in [3.63, 3.8) is 0 Å². The van der Waals surface area contributed by atoms with Gasteiger partial charge in [-0.25, -0.2) is 0 Å². The largest absolute Gasteiger partial charge is 0.462 e. The highest BCUT2D eigenvalue weighted by atomic mass is 35.5. The summed E-state index contributed by atoms with van der Waals surface area (Å²) >= 11 is 6.39. The van der Waals surface area contributed by atoms with E-state index in [1.807, 2.05) is 30.3 Å². The van der Waals surface area contributed by atoms with Gasteiger partial charge in [-0.2, -0.15) is 0 Å². The van der Waals surface area contributed by atoms with E-state index in [0.717, 1.165) is 46.4 Å². The normalized spacial score (nSPS) is 28.8. The summed E-state index contributed by atoms with van der Waals surface area (Å²) in [5, 5.41) is 13.3. The maximum absolute atomic E-state index is 10.5. The number of hydrogen-bond acceptors (Lipinski definition) is 2. The number of halogens is 1. The van der Waals surface area contributed by atoms with Crippen LogP contribution in [0.1, 0.15) is 37.2 Å². The van der Waals surface area contributed by atoms with E-state index in [2.05, 4.69) is 0 Å². The lowest BCUT2D eigenvalue weighted by atomic mass is 9.77. The van der Waals surface area contributed by atoms with E-state index in [9.17, 15) is 5.11 Å². The van der Waals surface area contributed by atoms with E-state index in [0.29, 0.717) is 12.3 Å². The SMILES string of the molecule is O[C@@]12CCC[C@@H](C1)c1cc(Cl)c3ccccc3c1O2. The Morgan fingerprint density at radius 2 is 2.05 bits per heavy atom. The van der Waals surface area contributed by atoms with Gasteiger partial charge in [0.25, 0.3) is 0 Å². The summed E-state index contributed by atoms with van der Waals surface area (Å²) in [6.07, 6.45) is 3.52. The van der Waals surface area contributed by atoms with Crippen molar-refractivity contribution >= 4 is 22.4 Å². The molecule has 4 rings (SSSR count). The number of hydrogen-bond donors (Lipinski definition) is 1. The minimum atomic E-state index is -0.980. The van der Waals surface area contributed by atoms with Crippen LogP contribution in [0, 0.1) is 0 Å². The molecule has 1 saturated carbocycles. The molecule has 98 valence electrons. The standard InChI is InChI=1S/C16H15ClO2/c17-14-8-13-10-4-3-7-16(18,9-10)19-15(13)12-6-2-1-5-11(12)14/h1-2,5-6,8,10,18H,3-4,7,9H2/t10-,16+/m0/s1. The van der Waals surface area contributed by atoms with E-state index in [1.54, 1.807) is 0 Å². The average molecular weight is 275 g/mol. The Bertz CT molecular complexity index is 667. The predicted molar refractivity (Wildman–Crippen MR) is 75.7 cm³/mol. The van der Waals surface area contributed by atoms with Gasteiger partial charge in [0.2, 0.25) is 5.79 Å². The van der Waals surface area contributed by atoms with Gasteiger partial charge < -0.3 is 9.84 Å². The fourth-order valence-corrected chi connectivity index (χ4v) is 3.79. The Balaban J connectivity index is 2.03. The fraction of sp³-hybridized carbons (Fsp3) is 0.375. The molecule has 0 saturated heterocycles. The maximum atomic E-state index is 10.5. The fourth-order valence-electron chi connectivity index (χ4n) is 3.50. The monoisotopic (exact) mass is 274 g/mol.